The van der Waals surface area contributed by atoms with Crippen LogP contribution in [-0.2, 0) is 13.6 Å². The van der Waals surface area contributed by atoms with Gasteiger partial charge in [-0.25, -0.2) is 0 Å². The molecule has 0 bridgehead atoms. The van der Waals surface area contributed by atoms with Crippen LogP contribution in [0, 0.1) is 0 Å². The van der Waals surface area contributed by atoms with E-state index in [-0.39, 0.29) is 17.9 Å². The molecule has 1 N–H and O–H groups in total. The van der Waals surface area contributed by atoms with Gasteiger partial charge in [0.1, 0.15) is 0 Å². The third kappa shape index (κ3) is 7.78. The average Bonchev–Trinajstić information content (AvgIpc) is 2.24. The second-order valence-corrected chi connectivity index (χ2v) is 9.70. The fourth-order valence-electron chi connectivity index (χ4n) is 2.24. The van der Waals surface area contributed by atoms with Gasteiger partial charge in [-0.05, 0) is 54.4 Å². The van der Waals surface area contributed by atoms with Gasteiger partial charge < -0.3 is 14.4 Å². The van der Waals surface area contributed by atoms with Crippen LogP contribution in [0.15, 0.2) is 0 Å². The van der Waals surface area contributed by atoms with Crippen molar-refractivity contribution in [2.45, 2.75) is 90.9 Å². The fourth-order valence-corrected chi connectivity index (χ4v) is 4.59. The lowest BCUT2D eigenvalue weighted by Gasteiger charge is -2.33. The highest BCUT2D eigenvalue weighted by atomic mass is 31.2. The summed E-state index contributed by atoms with van der Waals surface area (Å²) in [5, 5.41) is 3.26. The van der Waals surface area contributed by atoms with E-state index < -0.39 is 13.2 Å². The molecule has 1 aliphatic carbocycles. The summed E-state index contributed by atoms with van der Waals surface area (Å²) < 4.78 is 24.8. The molecule has 0 aromatic carbocycles. The Morgan fingerprint density at radius 3 is 2.05 bits per heavy atom. The number of hydrogen-bond donors (Lipinski definition) is 1. The highest BCUT2D eigenvalue weighted by Crippen LogP contribution is 2.53. The summed E-state index contributed by atoms with van der Waals surface area (Å²) in [7, 11) is -3.12. The maximum absolute atomic E-state index is 13.0. The zero-order chi connectivity index (χ0) is 15.4. The van der Waals surface area contributed by atoms with E-state index >= 15 is 0 Å². The first-order valence-electron chi connectivity index (χ1n) is 7.72. The quantitative estimate of drug-likeness (QED) is 0.749. The Morgan fingerprint density at radius 1 is 1.05 bits per heavy atom. The van der Waals surface area contributed by atoms with Crippen molar-refractivity contribution < 1.29 is 13.6 Å². The molecule has 20 heavy (non-hydrogen) atoms. The largest absolute Gasteiger partial charge is 0.345 e. The molecule has 1 aliphatic rings. The van der Waals surface area contributed by atoms with E-state index in [2.05, 4.69) is 26.1 Å². The van der Waals surface area contributed by atoms with Crippen molar-refractivity contribution in [1.82, 2.24) is 5.32 Å². The first-order chi connectivity index (χ1) is 8.99. The highest BCUT2D eigenvalue weighted by Gasteiger charge is 2.35. The summed E-state index contributed by atoms with van der Waals surface area (Å²) >= 11 is 0. The van der Waals surface area contributed by atoms with Crippen molar-refractivity contribution in [1.29, 1.82) is 0 Å². The molecule has 1 saturated carbocycles. The van der Waals surface area contributed by atoms with E-state index in [0.29, 0.717) is 0 Å². The number of rotatable bonds is 5. The van der Waals surface area contributed by atoms with Crippen LogP contribution in [0.5, 0.6) is 0 Å². The van der Waals surface area contributed by atoms with Gasteiger partial charge in [0.25, 0.3) is 0 Å². The monoisotopic (exact) mass is 305 g/mol. The molecule has 0 aromatic rings. The van der Waals surface area contributed by atoms with E-state index in [0.717, 1.165) is 25.7 Å². The summed E-state index contributed by atoms with van der Waals surface area (Å²) in [4.78, 5) is 0. The predicted octanol–water partition coefficient (Wildman–Crippen LogP) is 4.69. The van der Waals surface area contributed by atoms with Crippen molar-refractivity contribution in [2.24, 2.45) is 0 Å². The molecule has 0 heterocycles. The molecule has 4 nitrogen and oxygen atoms in total. The van der Waals surface area contributed by atoms with E-state index in [1.165, 1.54) is 6.42 Å². The smallest absolute Gasteiger partial charge is 0.304 e. The molecule has 0 spiro atoms. The van der Waals surface area contributed by atoms with Crippen molar-refractivity contribution in [3.63, 3.8) is 0 Å². The minimum absolute atomic E-state index is 0.0821. The zero-order valence-electron chi connectivity index (χ0n) is 14.0. The van der Waals surface area contributed by atoms with Crippen LogP contribution in [-0.4, -0.2) is 23.5 Å². The van der Waals surface area contributed by atoms with Gasteiger partial charge in [0, 0.05) is 5.54 Å². The molecule has 5 heteroatoms. The van der Waals surface area contributed by atoms with E-state index in [1.807, 2.05) is 20.8 Å². The van der Waals surface area contributed by atoms with Crippen molar-refractivity contribution >= 4 is 7.60 Å². The molecule has 0 radical (unpaired) electrons. The van der Waals surface area contributed by atoms with Crippen LogP contribution in [0.3, 0.4) is 0 Å². The lowest BCUT2D eigenvalue weighted by molar-refractivity contribution is 0.0615. The van der Waals surface area contributed by atoms with Crippen LogP contribution in [0.25, 0.3) is 0 Å². The normalized spacial score (nSPS) is 21.7. The first kappa shape index (κ1) is 18.2. The van der Waals surface area contributed by atoms with Crippen LogP contribution in [0.1, 0.15) is 73.6 Å². The molecule has 0 saturated heterocycles. The van der Waals surface area contributed by atoms with Gasteiger partial charge in [0.05, 0.1) is 18.0 Å². The Bertz CT molecular complexity index is 338. The van der Waals surface area contributed by atoms with Crippen LogP contribution < -0.4 is 5.32 Å². The molecular weight excluding hydrogens is 273 g/mol. The average molecular weight is 305 g/mol. The van der Waals surface area contributed by atoms with Crippen LogP contribution in [0.4, 0.5) is 0 Å². The third-order valence-corrected chi connectivity index (χ3v) is 5.07. The zero-order valence-corrected chi connectivity index (χ0v) is 14.9. The first-order valence-corrected chi connectivity index (χ1v) is 9.45. The van der Waals surface area contributed by atoms with Crippen molar-refractivity contribution in [2.75, 3.05) is 6.29 Å². The topological polar surface area (TPSA) is 47.6 Å². The lowest BCUT2D eigenvalue weighted by atomic mass is 9.98. The minimum Gasteiger partial charge on any atom is -0.304 e. The maximum Gasteiger partial charge on any atom is 0.345 e. The highest BCUT2D eigenvalue weighted by molar-refractivity contribution is 7.53. The SMILES string of the molecule is CC(C)(C)NCP(=O)(OC1CCCCC1)OC(C)(C)C. The van der Waals surface area contributed by atoms with Crippen LogP contribution >= 0.6 is 7.60 Å². The lowest BCUT2D eigenvalue weighted by Crippen LogP contribution is -2.38. The van der Waals surface area contributed by atoms with Gasteiger partial charge in [-0.15, -0.1) is 0 Å². The summed E-state index contributed by atoms with van der Waals surface area (Å²) in [5.41, 5.74) is -0.573. The Balaban J connectivity index is 2.69. The second kappa shape index (κ2) is 6.91. The van der Waals surface area contributed by atoms with E-state index in [1.54, 1.807) is 0 Å². The molecule has 0 aromatic heterocycles. The summed E-state index contributed by atoms with van der Waals surface area (Å²) in [6.45, 7) is 11.9. The second-order valence-electron chi connectivity index (χ2n) is 7.76. The Morgan fingerprint density at radius 2 is 1.60 bits per heavy atom. The van der Waals surface area contributed by atoms with Gasteiger partial charge in [0.2, 0.25) is 0 Å². The molecule has 0 amide bonds. The Labute approximate surface area is 124 Å². The molecule has 1 rings (SSSR count). The molecule has 0 aliphatic heterocycles. The maximum atomic E-state index is 13.0. The van der Waals surface area contributed by atoms with Gasteiger partial charge in [-0.3, -0.25) is 4.57 Å². The predicted molar refractivity (Wildman–Crippen MR) is 84.2 cm³/mol. The van der Waals surface area contributed by atoms with E-state index in [4.69, 9.17) is 9.05 Å². The summed E-state index contributed by atoms with van der Waals surface area (Å²) in [6, 6.07) is 0. The summed E-state index contributed by atoms with van der Waals surface area (Å²) in [6.07, 6.45) is 5.91. The molecule has 1 fully saturated rings. The van der Waals surface area contributed by atoms with Gasteiger partial charge in [-0.2, -0.15) is 0 Å². The molecule has 1 unspecified atom stereocenters. The summed E-state index contributed by atoms with van der Waals surface area (Å²) in [5.74, 6) is 0. The van der Waals surface area contributed by atoms with Crippen LogP contribution in [0.2, 0.25) is 0 Å². The third-order valence-electron chi connectivity index (χ3n) is 3.08. The molecule has 120 valence electrons. The fraction of sp³-hybridized carbons (Fsp3) is 1.00. The number of hydrogen-bond acceptors (Lipinski definition) is 4. The van der Waals surface area contributed by atoms with Gasteiger partial charge in [0.15, 0.2) is 0 Å². The van der Waals surface area contributed by atoms with Crippen molar-refractivity contribution in [3.8, 4) is 0 Å². The minimum atomic E-state index is -3.12. The van der Waals surface area contributed by atoms with Gasteiger partial charge in [-0.1, -0.05) is 19.3 Å². The van der Waals surface area contributed by atoms with Crippen molar-refractivity contribution in [3.05, 3.63) is 0 Å². The van der Waals surface area contributed by atoms with Gasteiger partial charge >= 0.3 is 7.60 Å². The molecule has 1 atom stereocenters. The van der Waals surface area contributed by atoms with E-state index in [9.17, 15) is 4.57 Å². The molecular formula is C15H32NO3P. The Hall–Kier alpha value is 0.110. The Kier molecular flexibility index (Phi) is 6.28. The number of nitrogens with one attached hydrogen (secondary N) is 1. The standard InChI is InChI=1S/C15H32NO3P/c1-14(2,3)16-12-20(17,19-15(4,5)6)18-13-10-8-7-9-11-13/h13,16H,7-12H2,1-6H3.